The molecule has 1 saturated carbocycles. The first-order valence-electron chi connectivity index (χ1n) is 12.3. The average Bonchev–Trinajstić information content (AvgIpc) is 3.49. The number of unbranched alkanes of at least 4 members (excludes halogenated alkanes) is 3. The number of hydrogen-bond donors (Lipinski definition) is 0. The third-order valence-corrected chi connectivity index (χ3v) is 25.3. The molecule has 158 valence electrons. The number of benzene rings is 2. The van der Waals surface area contributed by atoms with Crippen LogP contribution in [-0.4, -0.2) is 18.4 Å². The van der Waals surface area contributed by atoms with Gasteiger partial charge in [0, 0.05) is 0 Å². The third kappa shape index (κ3) is 5.90. The summed E-state index contributed by atoms with van der Waals surface area (Å²) < 4.78 is 6.00. The summed E-state index contributed by atoms with van der Waals surface area (Å²) in [5, 5.41) is 0. The summed E-state index contributed by atoms with van der Waals surface area (Å²) in [6, 6.07) is 22.9. The summed E-state index contributed by atoms with van der Waals surface area (Å²) in [7, 11) is 0. The minimum atomic E-state index is -2.23. The Labute approximate surface area is 184 Å². The van der Waals surface area contributed by atoms with E-state index in [4.69, 9.17) is 0 Å². The van der Waals surface area contributed by atoms with Crippen LogP contribution in [0.15, 0.2) is 60.7 Å². The van der Waals surface area contributed by atoms with Crippen molar-refractivity contribution in [2.24, 2.45) is 5.92 Å². The van der Waals surface area contributed by atoms with Gasteiger partial charge in [-0.2, -0.15) is 0 Å². The maximum absolute atomic E-state index is 2.43. The van der Waals surface area contributed by atoms with Crippen molar-refractivity contribution in [3.8, 4) is 0 Å². The Morgan fingerprint density at radius 3 is 1.62 bits per heavy atom. The number of rotatable bonds is 13. The van der Waals surface area contributed by atoms with Gasteiger partial charge in [0.1, 0.15) is 0 Å². The Morgan fingerprint density at radius 2 is 1.14 bits per heavy atom. The molecule has 0 N–H and O–H groups in total. The van der Waals surface area contributed by atoms with Gasteiger partial charge in [0.15, 0.2) is 0 Å². The van der Waals surface area contributed by atoms with Crippen molar-refractivity contribution in [1.82, 2.24) is 0 Å². The molecule has 0 heterocycles. The van der Waals surface area contributed by atoms with Crippen molar-refractivity contribution < 1.29 is 0 Å². The fraction of sp³-hybridized carbons (Fsp3) is 0.571. The van der Waals surface area contributed by atoms with E-state index in [0.717, 1.165) is 15.8 Å². The summed E-state index contributed by atoms with van der Waals surface area (Å²) in [5.41, 5.74) is 3.20. The molecule has 3 rings (SSSR count). The Morgan fingerprint density at radius 1 is 0.655 bits per heavy atom. The Kier molecular flexibility index (Phi) is 9.15. The molecule has 1 heteroatoms. The van der Waals surface area contributed by atoms with Crippen LogP contribution in [0.3, 0.4) is 0 Å². The Bertz CT molecular complexity index is 671. The van der Waals surface area contributed by atoms with Crippen LogP contribution in [0.2, 0.25) is 17.2 Å². The molecule has 0 aromatic heterocycles. The van der Waals surface area contributed by atoms with Crippen LogP contribution in [-0.2, 0) is 6.42 Å². The third-order valence-electron chi connectivity index (χ3n) is 7.46. The van der Waals surface area contributed by atoms with Gasteiger partial charge in [0.2, 0.25) is 0 Å². The van der Waals surface area contributed by atoms with E-state index in [0.29, 0.717) is 0 Å². The van der Waals surface area contributed by atoms with Crippen molar-refractivity contribution in [1.29, 1.82) is 0 Å². The van der Waals surface area contributed by atoms with Crippen LogP contribution in [0.1, 0.15) is 76.3 Å². The molecule has 0 radical (unpaired) electrons. The quantitative estimate of drug-likeness (QED) is 0.243. The molecule has 0 spiro atoms. The molecule has 1 aliphatic rings. The second-order valence-corrected chi connectivity index (χ2v) is 23.4. The average molecular weight is 497 g/mol. The van der Waals surface area contributed by atoms with E-state index in [1.165, 1.54) is 44.9 Å². The number of hydrogen-bond acceptors (Lipinski definition) is 0. The topological polar surface area (TPSA) is 0 Å². The monoisotopic (exact) mass is 498 g/mol. The van der Waals surface area contributed by atoms with Gasteiger partial charge in [-0.3, -0.25) is 0 Å². The molecule has 0 amide bonds. The molecular weight excluding hydrogens is 455 g/mol. The van der Waals surface area contributed by atoms with Gasteiger partial charge in [-0.15, -0.1) is 0 Å². The SMILES string of the molecule is CCC[CH2][Sn]([CH2]CCC)([CH2]CCC)[C@H]1[C@@H](Cc2ccccc2)[C@@H]1c1ccccc1. The summed E-state index contributed by atoms with van der Waals surface area (Å²) in [6.45, 7) is 7.21. The van der Waals surface area contributed by atoms with E-state index in [9.17, 15) is 0 Å². The van der Waals surface area contributed by atoms with Crippen molar-refractivity contribution in [2.75, 3.05) is 0 Å². The first kappa shape index (κ1) is 22.9. The summed E-state index contributed by atoms with van der Waals surface area (Å²) >= 11 is -2.23. The van der Waals surface area contributed by atoms with E-state index < -0.39 is 18.4 Å². The predicted octanol–water partition coefficient (Wildman–Crippen LogP) is 8.86. The van der Waals surface area contributed by atoms with E-state index >= 15 is 0 Å². The zero-order chi connectivity index (χ0) is 20.5. The van der Waals surface area contributed by atoms with Gasteiger partial charge in [-0.05, 0) is 0 Å². The normalized spacial score (nSPS) is 21.3. The van der Waals surface area contributed by atoms with E-state index in [2.05, 4.69) is 81.4 Å². The van der Waals surface area contributed by atoms with E-state index in [1.54, 1.807) is 24.4 Å². The summed E-state index contributed by atoms with van der Waals surface area (Å²) in [4.78, 5) is 0. The van der Waals surface area contributed by atoms with Gasteiger partial charge < -0.3 is 0 Å². The minimum absolute atomic E-state index is 0.845. The molecule has 0 nitrogen and oxygen atoms in total. The first-order chi connectivity index (χ1) is 14.3. The molecule has 2 aromatic rings. The molecule has 0 unspecified atom stereocenters. The fourth-order valence-electron chi connectivity index (χ4n) is 5.94. The van der Waals surface area contributed by atoms with Gasteiger partial charge in [-0.1, -0.05) is 0 Å². The van der Waals surface area contributed by atoms with Crippen LogP contribution < -0.4 is 0 Å². The van der Waals surface area contributed by atoms with Crippen molar-refractivity contribution >= 4 is 18.4 Å². The van der Waals surface area contributed by atoms with Gasteiger partial charge in [0.25, 0.3) is 0 Å². The molecule has 3 atom stereocenters. The molecule has 1 fully saturated rings. The van der Waals surface area contributed by atoms with Crippen LogP contribution in [0.4, 0.5) is 0 Å². The van der Waals surface area contributed by atoms with Crippen molar-refractivity contribution in [3.05, 3.63) is 71.8 Å². The predicted molar refractivity (Wildman–Crippen MR) is 131 cm³/mol. The van der Waals surface area contributed by atoms with E-state index in [1.807, 2.05) is 0 Å². The van der Waals surface area contributed by atoms with Gasteiger partial charge in [-0.25, -0.2) is 0 Å². The second-order valence-electron chi connectivity index (χ2n) is 9.49. The maximum atomic E-state index is 2.43. The van der Waals surface area contributed by atoms with Gasteiger partial charge in [0.05, 0.1) is 0 Å². The molecule has 1 aliphatic carbocycles. The standard InChI is InChI=1S/C16H15.3C4H9.Sn/c1-3-7-13(8-4-1)11-15-12-16(15)14-9-5-2-6-10-14;3*1-3-4-2;/h1-10,12,15-16H,11H2;3*1,3-4H2,2H3;/t15-,16+;;;;/m1..../s1. The van der Waals surface area contributed by atoms with Crippen molar-refractivity contribution in [3.63, 3.8) is 0 Å². The molecule has 0 saturated heterocycles. The first-order valence-corrected chi connectivity index (χ1v) is 20.0. The van der Waals surface area contributed by atoms with Crippen molar-refractivity contribution in [2.45, 2.75) is 88.9 Å². The van der Waals surface area contributed by atoms with Crippen LogP contribution in [0, 0.1) is 5.92 Å². The zero-order valence-electron chi connectivity index (χ0n) is 19.1. The summed E-state index contributed by atoms with van der Waals surface area (Å²) in [5.74, 6) is 1.75. The molecular formula is C28H42Sn. The summed E-state index contributed by atoms with van der Waals surface area (Å²) in [6.07, 6.45) is 9.89. The van der Waals surface area contributed by atoms with Crippen LogP contribution in [0.5, 0.6) is 0 Å². The Hall–Kier alpha value is -0.761. The van der Waals surface area contributed by atoms with Crippen LogP contribution in [0.25, 0.3) is 0 Å². The molecule has 0 bridgehead atoms. The molecule has 0 aliphatic heterocycles. The van der Waals surface area contributed by atoms with E-state index in [-0.39, 0.29) is 0 Å². The fourth-order valence-corrected chi connectivity index (χ4v) is 26.6. The van der Waals surface area contributed by atoms with Gasteiger partial charge >= 0.3 is 185 Å². The second kappa shape index (κ2) is 11.6. The zero-order valence-corrected chi connectivity index (χ0v) is 21.9. The molecule has 2 aromatic carbocycles. The van der Waals surface area contributed by atoms with Crippen LogP contribution >= 0.6 is 0 Å². The molecule has 29 heavy (non-hydrogen) atoms. The Balaban J connectivity index is 1.92.